The first-order valence-corrected chi connectivity index (χ1v) is 8.23. The van der Waals surface area contributed by atoms with E-state index in [4.69, 9.17) is 9.41 Å². The fraction of sp³-hybridized carbons (Fsp3) is 0.368. The van der Waals surface area contributed by atoms with Crippen molar-refractivity contribution in [3.05, 3.63) is 59.6 Å². The molecule has 1 aliphatic carbocycles. The van der Waals surface area contributed by atoms with E-state index in [-0.39, 0.29) is 5.91 Å². The molecule has 0 amide bonds. The minimum atomic E-state index is -0.116. The summed E-state index contributed by atoms with van der Waals surface area (Å²) in [5.41, 5.74) is 0.727. The molecular formula is C19H22N2O2. The molecule has 0 bridgehead atoms. The summed E-state index contributed by atoms with van der Waals surface area (Å²) in [5, 5.41) is 0. The summed E-state index contributed by atoms with van der Waals surface area (Å²) in [6.07, 6.45) is 11.0. The second kappa shape index (κ2) is 7.27. The topological polar surface area (TPSA) is 47.5 Å². The molecule has 2 heterocycles. The summed E-state index contributed by atoms with van der Waals surface area (Å²) in [4.78, 5) is 17.2. The van der Waals surface area contributed by atoms with Crippen molar-refractivity contribution in [2.24, 2.45) is 4.99 Å². The molecule has 3 rings (SSSR count). The van der Waals surface area contributed by atoms with E-state index in [1.807, 2.05) is 37.3 Å². The van der Waals surface area contributed by atoms with Crippen LogP contribution in [0.2, 0.25) is 0 Å². The maximum atomic E-state index is 12.5. The molecule has 0 saturated heterocycles. The Kier molecular flexibility index (Phi) is 4.91. The highest BCUT2D eigenvalue weighted by Crippen LogP contribution is 2.19. The molecule has 1 saturated carbocycles. The predicted octanol–water partition coefficient (Wildman–Crippen LogP) is 3.98. The van der Waals surface area contributed by atoms with E-state index in [9.17, 15) is 4.79 Å². The van der Waals surface area contributed by atoms with Gasteiger partial charge in [-0.2, -0.15) is 0 Å². The molecule has 120 valence electrons. The van der Waals surface area contributed by atoms with Crippen LogP contribution in [0, 0.1) is 6.92 Å². The number of nitrogens with zero attached hydrogens (tertiary/aromatic N) is 2. The van der Waals surface area contributed by atoms with Gasteiger partial charge in [-0.25, -0.2) is 0 Å². The number of hydrogen-bond acceptors (Lipinski definition) is 3. The molecule has 1 fully saturated rings. The van der Waals surface area contributed by atoms with E-state index in [1.54, 1.807) is 16.8 Å². The number of allylic oxidation sites excluding steroid dienone is 1. The van der Waals surface area contributed by atoms with Crippen LogP contribution < -0.4 is 5.49 Å². The maximum absolute atomic E-state index is 12.5. The second-order valence-electron chi connectivity index (χ2n) is 5.97. The zero-order valence-electron chi connectivity index (χ0n) is 13.4. The van der Waals surface area contributed by atoms with Crippen molar-refractivity contribution in [1.82, 2.24) is 4.57 Å². The van der Waals surface area contributed by atoms with Crippen molar-refractivity contribution in [2.45, 2.75) is 45.1 Å². The molecular weight excluding hydrogens is 288 g/mol. The van der Waals surface area contributed by atoms with Gasteiger partial charge >= 0.3 is 0 Å². The Balaban J connectivity index is 1.83. The largest absolute Gasteiger partial charge is 0.462 e. The van der Waals surface area contributed by atoms with Crippen LogP contribution in [0.5, 0.6) is 0 Å². The SMILES string of the molecule is Cc1ccc(/C=C\C(=O)n2ccccc2=NC2CCCCC2)o1. The van der Waals surface area contributed by atoms with Crippen molar-refractivity contribution < 1.29 is 9.21 Å². The van der Waals surface area contributed by atoms with Crippen molar-refractivity contribution in [3.63, 3.8) is 0 Å². The fourth-order valence-corrected chi connectivity index (χ4v) is 2.90. The lowest BCUT2D eigenvalue weighted by Gasteiger charge is -2.17. The van der Waals surface area contributed by atoms with Crippen LogP contribution in [-0.2, 0) is 0 Å². The van der Waals surface area contributed by atoms with Crippen LogP contribution in [0.1, 0.15) is 48.4 Å². The van der Waals surface area contributed by atoms with Crippen molar-refractivity contribution in [1.29, 1.82) is 0 Å². The van der Waals surface area contributed by atoms with Crippen LogP contribution in [0.15, 0.2) is 52.0 Å². The number of aromatic nitrogens is 1. The number of furan rings is 1. The van der Waals surface area contributed by atoms with Gasteiger partial charge in [0.15, 0.2) is 0 Å². The predicted molar refractivity (Wildman–Crippen MR) is 90.0 cm³/mol. The van der Waals surface area contributed by atoms with Crippen LogP contribution >= 0.6 is 0 Å². The third kappa shape index (κ3) is 4.09. The minimum Gasteiger partial charge on any atom is -0.462 e. The lowest BCUT2D eigenvalue weighted by atomic mass is 9.96. The lowest BCUT2D eigenvalue weighted by molar-refractivity contribution is 0.0964. The molecule has 0 N–H and O–H groups in total. The Bertz CT molecular complexity index is 761. The van der Waals surface area contributed by atoms with E-state index in [1.165, 1.54) is 25.3 Å². The Morgan fingerprint density at radius 1 is 1.22 bits per heavy atom. The van der Waals surface area contributed by atoms with E-state index in [0.717, 1.165) is 24.1 Å². The molecule has 2 aromatic heterocycles. The van der Waals surface area contributed by atoms with Gasteiger partial charge in [0, 0.05) is 12.3 Å². The molecule has 0 radical (unpaired) electrons. The highest BCUT2D eigenvalue weighted by Gasteiger charge is 2.12. The first-order valence-electron chi connectivity index (χ1n) is 8.23. The summed E-state index contributed by atoms with van der Waals surface area (Å²) in [6, 6.07) is 9.73. The van der Waals surface area contributed by atoms with Crippen LogP contribution in [-0.4, -0.2) is 16.5 Å². The number of aryl methyl sites for hydroxylation is 1. The third-order valence-electron chi connectivity index (χ3n) is 4.12. The molecule has 4 nitrogen and oxygen atoms in total. The van der Waals surface area contributed by atoms with Crippen molar-refractivity contribution in [3.8, 4) is 0 Å². The summed E-state index contributed by atoms with van der Waals surface area (Å²) < 4.78 is 7.05. The molecule has 2 aromatic rings. The van der Waals surface area contributed by atoms with Gasteiger partial charge in [0.25, 0.3) is 5.91 Å². The highest BCUT2D eigenvalue weighted by molar-refractivity contribution is 5.93. The number of carbonyl (C=O) groups excluding carboxylic acids is 1. The van der Waals surface area contributed by atoms with E-state index in [2.05, 4.69) is 0 Å². The monoisotopic (exact) mass is 310 g/mol. The molecule has 0 aliphatic heterocycles. The van der Waals surface area contributed by atoms with E-state index >= 15 is 0 Å². The average Bonchev–Trinajstić information content (AvgIpc) is 3.00. The van der Waals surface area contributed by atoms with Gasteiger partial charge in [0.2, 0.25) is 0 Å². The lowest BCUT2D eigenvalue weighted by Crippen LogP contribution is -2.27. The summed E-state index contributed by atoms with van der Waals surface area (Å²) >= 11 is 0. The van der Waals surface area contributed by atoms with Gasteiger partial charge in [0.1, 0.15) is 17.0 Å². The Morgan fingerprint density at radius 3 is 2.78 bits per heavy atom. The molecule has 1 aliphatic rings. The van der Waals surface area contributed by atoms with Gasteiger partial charge in [-0.15, -0.1) is 0 Å². The van der Waals surface area contributed by atoms with E-state index < -0.39 is 0 Å². The second-order valence-corrected chi connectivity index (χ2v) is 5.97. The molecule has 0 unspecified atom stereocenters. The number of hydrogen-bond donors (Lipinski definition) is 0. The van der Waals surface area contributed by atoms with Gasteiger partial charge in [-0.3, -0.25) is 14.4 Å². The molecule has 4 heteroatoms. The van der Waals surface area contributed by atoms with Crippen LogP contribution in [0.25, 0.3) is 6.08 Å². The smallest absolute Gasteiger partial charge is 0.256 e. The Morgan fingerprint density at radius 2 is 2.04 bits per heavy atom. The van der Waals surface area contributed by atoms with E-state index in [0.29, 0.717) is 11.8 Å². The van der Waals surface area contributed by atoms with Gasteiger partial charge in [0.05, 0.1) is 6.04 Å². The third-order valence-corrected chi connectivity index (χ3v) is 4.12. The first-order chi connectivity index (χ1) is 11.2. The van der Waals surface area contributed by atoms with Gasteiger partial charge < -0.3 is 4.42 Å². The average molecular weight is 310 g/mol. The number of rotatable bonds is 3. The molecule has 0 spiro atoms. The van der Waals surface area contributed by atoms with Crippen molar-refractivity contribution in [2.75, 3.05) is 0 Å². The maximum Gasteiger partial charge on any atom is 0.256 e. The standard InChI is InChI=1S/C19H22N2O2/c1-15-10-11-17(23-15)12-13-19(22)21-14-6-5-9-18(21)20-16-7-3-2-4-8-16/h5-6,9-14,16H,2-4,7-8H2,1H3/b13-12-,20-18?. The van der Waals surface area contributed by atoms with Gasteiger partial charge in [-0.05, 0) is 50.1 Å². The van der Waals surface area contributed by atoms with Crippen LogP contribution in [0.4, 0.5) is 0 Å². The Labute approximate surface area is 136 Å². The quantitative estimate of drug-likeness (QED) is 0.805. The first kappa shape index (κ1) is 15.5. The summed E-state index contributed by atoms with van der Waals surface area (Å²) in [5.74, 6) is 1.39. The molecule has 23 heavy (non-hydrogen) atoms. The highest BCUT2D eigenvalue weighted by atomic mass is 16.3. The van der Waals surface area contributed by atoms with Crippen molar-refractivity contribution >= 4 is 12.0 Å². The van der Waals surface area contributed by atoms with Crippen LogP contribution in [0.3, 0.4) is 0 Å². The number of carbonyl (C=O) groups is 1. The summed E-state index contributed by atoms with van der Waals surface area (Å²) in [6.45, 7) is 1.88. The normalized spacial score (nSPS) is 17.0. The van der Waals surface area contributed by atoms with Gasteiger partial charge in [-0.1, -0.05) is 25.3 Å². The summed E-state index contributed by atoms with van der Waals surface area (Å²) in [7, 11) is 0. The zero-order chi connectivity index (χ0) is 16.1. The molecule has 0 atom stereocenters. The zero-order valence-corrected chi connectivity index (χ0v) is 13.4. The molecule has 0 aromatic carbocycles. The minimum absolute atomic E-state index is 0.116. The fourth-order valence-electron chi connectivity index (χ4n) is 2.90. The number of pyridine rings is 1. The Hall–Kier alpha value is -2.36.